The van der Waals surface area contributed by atoms with Crippen LogP contribution >= 0.6 is 12.6 Å². The summed E-state index contributed by atoms with van der Waals surface area (Å²) in [6, 6.07) is 0. The van der Waals surface area contributed by atoms with Crippen LogP contribution in [0.3, 0.4) is 0 Å². The second-order valence-corrected chi connectivity index (χ2v) is 2.58. The first-order chi connectivity index (χ1) is 6.20. The lowest BCUT2D eigenvalue weighted by Gasteiger charge is -2.08. The van der Waals surface area contributed by atoms with Gasteiger partial charge < -0.3 is 15.7 Å². The van der Waals surface area contributed by atoms with Crippen LogP contribution in [0.2, 0.25) is 0 Å². The summed E-state index contributed by atoms with van der Waals surface area (Å²) in [6.07, 6.45) is 0.819. The SMILES string of the molecule is O=[N+]([O-])C=C(NCCO)NCCS. The van der Waals surface area contributed by atoms with Gasteiger partial charge >= 0.3 is 0 Å². The summed E-state index contributed by atoms with van der Waals surface area (Å²) < 4.78 is 0. The molecule has 0 aromatic heterocycles. The van der Waals surface area contributed by atoms with E-state index in [1.54, 1.807) is 0 Å². The van der Waals surface area contributed by atoms with Crippen molar-refractivity contribution in [2.24, 2.45) is 0 Å². The lowest BCUT2D eigenvalue weighted by molar-refractivity contribution is -0.404. The lowest BCUT2D eigenvalue weighted by atomic mass is 10.6. The molecule has 0 aromatic carbocycles. The van der Waals surface area contributed by atoms with Crippen LogP contribution < -0.4 is 10.6 Å². The Morgan fingerprint density at radius 3 is 2.62 bits per heavy atom. The Balaban J connectivity index is 3.94. The summed E-state index contributed by atoms with van der Waals surface area (Å²) in [7, 11) is 0. The first-order valence-corrected chi connectivity index (χ1v) is 4.38. The number of nitrogens with zero attached hydrogens (tertiary/aromatic N) is 1. The highest BCUT2D eigenvalue weighted by Gasteiger charge is 1.99. The average Bonchev–Trinajstić information content (AvgIpc) is 2.09. The Morgan fingerprint density at radius 2 is 2.15 bits per heavy atom. The van der Waals surface area contributed by atoms with Gasteiger partial charge in [0.05, 0.1) is 11.5 Å². The molecular formula is C6H13N3O3S. The largest absolute Gasteiger partial charge is 0.395 e. The van der Waals surface area contributed by atoms with E-state index >= 15 is 0 Å². The zero-order chi connectivity index (χ0) is 10.1. The fourth-order valence-electron chi connectivity index (χ4n) is 0.640. The molecule has 0 radical (unpaired) electrons. The third-order valence-corrected chi connectivity index (χ3v) is 1.31. The Hall–Kier alpha value is -0.950. The van der Waals surface area contributed by atoms with Gasteiger partial charge in [0.25, 0.3) is 6.20 Å². The molecule has 0 unspecified atom stereocenters. The fourth-order valence-corrected chi connectivity index (χ4v) is 0.752. The van der Waals surface area contributed by atoms with Gasteiger partial charge in [-0.3, -0.25) is 10.1 Å². The minimum absolute atomic E-state index is 0.0718. The van der Waals surface area contributed by atoms with Crippen molar-refractivity contribution in [1.29, 1.82) is 0 Å². The Morgan fingerprint density at radius 1 is 1.54 bits per heavy atom. The van der Waals surface area contributed by atoms with E-state index in [0.29, 0.717) is 12.3 Å². The molecule has 0 aliphatic rings. The maximum Gasteiger partial charge on any atom is 0.274 e. The van der Waals surface area contributed by atoms with Crippen LogP contribution in [0.4, 0.5) is 0 Å². The van der Waals surface area contributed by atoms with Gasteiger partial charge in [-0.25, -0.2) is 0 Å². The molecule has 0 rings (SSSR count). The van der Waals surface area contributed by atoms with E-state index in [2.05, 4.69) is 23.3 Å². The zero-order valence-electron chi connectivity index (χ0n) is 7.06. The van der Waals surface area contributed by atoms with Crippen molar-refractivity contribution in [3.8, 4) is 0 Å². The van der Waals surface area contributed by atoms with Gasteiger partial charge in [-0.1, -0.05) is 0 Å². The standard InChI is InChI=1S/C6H13N3O3S/c10-3-1-7-6(5-9(11)12)8-2-4-13/h5,7-8,10,13H,1-4H2. The van der Waals surface area contributed by atoms with Gasteiger partial charge in [-0.2, -0.15) is 12.6 Å². The van der Waals surface area contributed by atoms with Gasteiger partial charge in [0.2, 0.25) is 0 Å². The second-order valence-electron chi connectivity index (χ2n) is 2.13. The van der Waals surface area contributed by atoms with Crippen LogP contribution in [0.5, 0.6) is 0 Å². The molecule has 3 N–H and O–H groups in total. The van der Waals surface area contributed by atoms with E-state index in [1.165, 1.54) is 0 Å². The van der Waals surface area contributed by atoms with Gasteiger partial charge in [0.15, 0.2) is 5.82 Å². The summed E-state index contributed by atoms with van der Waals surface area (Å²) >= 11 is 3.94. The van der Waals surface area contributed by atoms with Crippen LogP contribution in [0.25, 0.3) is 0 Å². The molecule has 0 saturated heterocycles. The highest BCUT2D eigenvalue weighted by Crippen LogP contribution is 1.84. The van der Waals surface area contributed by atoms with Crippen molar-refractivity contribution in [2.45, 2.75) is 0 Å². The Labute approximate surface area is 81.6 Å². The molecule has 0 aliphatic heterocycles. The molecule has 13 heavy (non-hydrogen) atoms. The molecule has 6 nitrogen and oxygen atoms in total. The van der Waals surface area contributed by atoms with E-state index in [-0.39, 0.29) is 19.0 Å². The fraction of sp³-hybridized carbons (Fsp3) is 0.667. The summed E-state index contributed by atoms with van der Waals surface area (Å²) in [6.45, 7) is 0.734. The topological polar surface area (TPSA) is 87.4 Å². The summed E-state index contributed by atoms with van der Waals surface area (Å²) in [5.41, 5.74) is 0. The molecule has 76 valence electrons. The minimum Gasteiger partial charge on any atom is -0.395 e. The summed E-state index contributed by atoms with van der Waals surface area (Å²) in [4.78, 5) is 9.54. The zero-order valence-corrected chi connectivity index (χ0v) is 7.96. The number of nitro groups is 1. The molecule has 0 atom stereocenters. The van der Waals surface area contributed by atoms with Crippen molar-refractivity contribution in [1.82, 2.24) is 10.6 Å². The van der Waals surface area contributed by atoms with E-state index in [0.717, 1.165) is 6.20 Å². The average molecular weight is 207 g/mol. The minimum atomic E-state index is -0.564. The van der Waals surface area contributed by atoms with Gasteiger partial charge in [-0.05, 0) is 0 Å². The molecule has 0 saturated carbocycles. The first kappa shape index (κ1) is 12.0. The second kappa shape index (κ2) is 7.69. The number of aliphatic hydroxyl groups is 1. The quantitative estimate of drug-likeness (QED) is 0.248. The molecule has 0 amide bonds. The molecule has 0 aromatic rings. The number of thiol groups is 1. The smallest absolute Gasteiger partial charge is 0.274 e. The van der Waals surface area contributed by atoms with Crippen molar-refractivity contribution in [3.05, 3.63) is 22.1 Å². The maximum atomic E-state index is 10.1. The predicted octanol–water partition coefficient (Wildman–Crippen LogP) is -0.837. The Kier molecular flexibility index (Phi) is 7.12. The molecule has 0 fully saturated rings. The van der Waals surface area contributed by atoms with Crippen LogP contribution in [-0.2, 0) is 0 Å². The van der Waals surface area contributed by atoms with Crippen molar-refractivity contribution >= 4 is 12.6 Å². The van der Waals surface area contributed by atoms with E-state index in [4.69, 9.17) is 5.11 Å². The monoisotopic (exact) mass is 207 g/mol. The normalized spacial score (nSPS) is 11.1. The van der Waals surface area contributed by atoms with Crippen molar-refractivity contribution in [3.63, 3.8) is 0 Å². The van der Waals surface area contributed by atoms with Gasteiger partial charge in [0, 0.05) is 18.8 Å². The number of aliphatic hydroxyl groups excluding tert-OH is 1. The number of nitrogens with one attached hydrogen (secondary N) is 2. The number of rotatable bonds is 7. The highest BCUT2D eigenvalue weighted by atomic mass is 32.1. The van der Waals surface area contributed by atoms with Crippen LogP contribution in [0.15, 0.2) is 12.0 Å². The van der Waals surface area contributed by atoms with Crippen molar-refractivity contribution < 1.29 is 10.0 Å². The van der Waals surface area contributed by atoms with Gasteiger partial charge in [-0.15, -0.1) is 0 Å². The summed E-state index contributed by atoms with van der Waals surface area (Å²) in [5, 5.41) is 24.0. The third-order valence-electron chi connectivity index (χ3n) is 1.09. The van der Waals surface area contributed by atoms with Crippen LogP contribution in [-0.4, -0.2) is 35.5 Å². The lowest BCUT2D eigenvalue weighted by Crippen LogP contribution is -2.30. The molecular weight excluding hydrogens is 194 g/mol. The van der Waals surface area contributed by atoms with E-state index < -0.39 is 4.92 Å². The van der Waals surface area contributed by atoms with Crippen molar-refractivity contribution in [2.75, 3.05) is 25.4 Å². The molecule has 0 spiro atoms. The molecule has 0 bridgehead atoms. The third kappa shape index (κ3) is 7.41. The number of hydrogen-bond donors (Lipinski definition) is 4. The first-order valence-electron chi connectivity index (χ1n) is 3.75. The maximum absolute atomic E-state index is 10.1. The number of hydrogen-bond acceptors (Lipinski definition) is 6. The van der Waals surface area contributed by atoms with E-state index in [1.807, 2.05) is 0 Å². The van der Waals surface area contributed by atoms with Crippen LogP contribution in [0, 0.1) is 10.1 Å². The van der Waals surface area contributed by atoms with E-state index in [9.17, 15) is 10.1 Å². The highest BCUT2D eigenvalue weighted by molar-refractivity contribution is 7.80. The molecule has 0 heterocycles. The molecule has 0 aliphatic carbocycles. The predicted molar refractivity (Wildman–Crippen MR) is 52.0 cm³/mol. The Bertz CT molecular complexity index is 176. The van der Waals surface area contributed by atoms with Crippen LogP contribution in [0.1, 0.15) is 0 Å². The summed E-state index contributed by atoms with van der Waals surface area (Å²) in [5.74, 6) is 0.865. The molecule has 7 heteroatoms. The van der Waals surface area contributed by atoms with Gasteiger partial charge in [0.1, 0.15) is 0 Å².